The van der Waals surface area contributed by atoms with Crippen LogP contribution < -0.4 is 21.5 Å². The first-order valence-corrected chi connectivity index (χ1v) is 19.3. The van der Waals surface area contributed by atoms with Crippen LogP contribution >= 0.6 is 0 Å². The fourth-order valence-corrected chi connectivity index (χ4v) is 7.87. The van der Waals surface area contributed by atoms with Gasteiger partial charge in [-0.2, -0.15) is 0 Å². The van der Waals surface area contributed by atoms with Gasteiger partial charge in [0.05, 0.1) is 23.3 Å². The molecular formula is C43H61N7. The minimum absolute atomic E-state index is 0.106. The lowest BCUT2D eigenvalue weighted by molar-refractivity contribution is 0.248. The zero-order chi connectivity index (χ0) is 35.3. The smallest absolute Gasteiger partial charge is 0.0663 e. The predicted octanol–water partition coefficient (Wildman–Crippen LogP) is 8.62. The number of nitrogens with two attached hydrogens (primary N) is 1. The maximum atomic E-state index is 6.69. The van der Waals surface area contributed by atoms with Crippen LogP contribution in [0.2, 0.25) is 0 Å². The average molecular weight is 676 g/mol. The highest BCUT2D eigenvalue weighted by Crippen LogP contribution is 2.42. The molecule has 6 rings (SSSR count). The quantitative estimate of drug-likeness (QED) is 0.0816. The summed E-state index contributed by atoms with van der Waals surface area (Å²) in [6.45, 7) is 21.3. The Morgan fingerprint density at radius 3 is 2.44 bits per heavy atom. The van der Waals surface area contributed by atoms with Crippen molar-refractivity contribution in [1.29, 1.82) is 0 Å². The van der Waals surface area contributed by atoms with Crippen LogP contribution in [0.3, 0.4) is 0 Å². The monoisotopic (exact) mass is 675 g/mol. The number of hydrazine groups is 1. The molecule has 50 heavy (non-hydrogen) atoms. The second-order valence-corrected chi connectivity index (χ2v) is 15.8. The summed E-state index contributed by atoms with van der Waals surface area (Å²) in [6, 6.07) is 19.4. The van der Waals surface area contributed by atoms with Crippen molar-refractivity contribution in [2.24, 2.45) is 11.1 Å². The van der Waals surface area contributed by atoms with E-state index in [1.807, 2.05) is 0 Å². The molecule has 1 saturated carbocycles. The lowest BCUT2D eigenvalue weighted by Gasteiger charge is -2.36. The highest BCUT2D eigenvalue weighted by Gasteiger charge is 2.32. The number of hydrogen-bond acceptors (Lipinski definition) is 6. The van der Waals surface area contributed by atoms with Gasteiger partial charge in [0.2, 0.25) is 0 Å². The Balaban J connectivity index is 1.33. The van der Waals surface area contributed by atoms with Gasteiger partial charge in [-0.05, 0) is 98.2 Å². The zero-order valence-corrected chi connectivity index (χ0v) is 31.4. The minimum Gasteiger partial charge on any atom is -0.368 e. The largest absolute Gasteiger partial charge is 0.368 e. The van der Waals surface area contributed by atoms with E-state index >= 15 is 0 Å². The number of piperazine rings is 1. The molecule has 4 N–H and O–H groups in total. The van der Waals surface area contributed by atoms with Crippen molar-refractivity contribution in [3.63, 3.8) is 0 Å². The Morgan fingerprint density at radius 2 is 1.74 bits per heavy atom. The molecule has 0 amide bonds. The summed E-state index contributed by atoms with van der Waals surface area (Å²) in [4.78, 5) is 10.3. The molecule has 7 heteroatoms. The van der Waals surface area contributed by atoms with Crippen molar-refractivity contribution in [2.75, 3.05) is 37.6 Å². The Labute approximate surface area is 301 Å². The van der Waals surface area contributed by atoms with Crippen LogP contribution in [-0.4, -0.2) is 53.2 Å². The predicted molar refractivity (Wildman–Crippen MR) is 212 cm³/mol. The van der Waals surface area contributed by atoms with E-state index in [-0.39, 0.29) is 11.5 Å². The van der Waals surface area contributed by atoms with Crippen LogP contribution in [0, 0.1) is 5.41 Å². The lowest BCUT2D eigenvalue weighted by atomic mass is 9.85. The minimum atomic E-state index is -0.166. The number of fused-ring (bicyclic) bond motifs is 1. The second-order valence-electron chi connectivity index (χ2n) is 15.8. The summed E-state index contributed by atoms with van der Waals surface area (Å²) >= 11 is 0. The van der Waals surface area contributed by atoms with Gasteiger partial charge in [-0.15, -0.1) is 0 Å². The third-order valence-electron chi connectivity index (χ3n) is 10.5. The van der Waals surface area contributed by atoms with Gasteiger partial charge in [0, 0.05) is 74.0 Å². The molecule has 0 radical (unpaired) electrons. The number of hydrogen-bond donors (Lipinski definition) is 3. The molecular weight excluding hydrogens is 615 g/mol. The molecule has 1 aliphatic carbocycles. The molecule has 4 aromatic rings. The Bertz CT molecular complexity index is 1730. The molecule has 1 unspecified atom stereocenters. The van der Waals surface area contributed by atoms with Crippen LogP contribution in [0.25, 0.3) is 33.3 Å². The van der Waals surface area contributed by atoms with E-state index in [0.29, 0.717) is 0 Å². The van der Waals surface area contributed by atoms with E-state index in [2.05, 4.69) is 121 Å². The van der Waals surface area contributed by atoms with E-state index < -0.39 is 0 Å². The van der Waals surface area contributed by atoms with Gasteiger partial charge in [0.25, 0.3) is 0 Å². The summed E-state index contributed by atoms with van der Waals surface area (Å²) in [5, 5.41) is 1.35. The Morgan fingerprint density at radius 1 is 0.980 bits per heavy atom. The molecule has 0 spiro atoms. The molecule has 0 bridgehead atoms. The number of aryl methyl sites for hydroxylation is 2. The van der Waals surface area contributed by atoms with E-state index in [1.165, 1.54) is 88.6 Å². The first-order valence-electron chi connectivity index (χ1n) is 19.3. The summed E-state index contributed by atoms with van der Waals surface area (Å²) in [5.41, 5.74) is 24.3. The molecule has 1 atom stereocenters. The molecule has 7 nitrogen and oxygen atoms in total. The molecule has 3 heterocycles. The molecule has 1 saturated heterocycles. The number of pyridine rings is 1. The third-order valence-corrected chi connectivity index (χ3v) is 10.5. The normalized spacial score (nSPS) is 16.2. The highest BCUT2D eigenvalue weighted by atomic mass is 15.3. The molecule has 2 aromatic heterocycles. The standard InChI is InChI=1S/C43H61N7/c1-7-46-47-21-12-10-9-11-14-32-15-13-16-33(26-32)34-17-20-40-37(27-34)39(29-43(4,5)6)42(50(40)8-2)38-28-36(30-45-41(38)31(3)44)49-24-22-48(23-25-49)35-18-19-35/h7,13,15-17,20,26-28,30-31,35,46-47H,1,8-12,14,18-19,21-25,29,44H2,2-6H3. The zero-order valence-electron chi connectivity index (χ0n) is 31.4. The number of anilines is 1. The molecule has 268 valence electrons. The van der Waals surface area contributed by atoms with Gasteiger partial charge < -0.3 is 20.6 Å². The summed E-state index contributed by atoms with van der Waals surface area (Å²) < 4.78 is 2.53. The number of benzene rings is 2. The fraction of sp³-hybridized carbons (Fsp3) is 0.512. The van der Waals surface area contributed by atoms with E-state index in [4.69, 9.17) is 10.7 Å². The number of nitrogens with zero attached hydrogens (tertiary/aromatic N) is 4. The number of unbranched alkanes of at least 4 members (excludes halogenated alkanes) is 3. The van der Waals surface area contributed by atoms with Crippen LogP contribution in [-0.2, 0) is 19.4 Å². The van der Waals surface area contributed by atoms with Gasteiger partial charge >= 0.3 is 0 Å². The van der Waals surface area contributed by atoms with Crippen LogP contribution in [0.1, 0.15) is 96.0 Å². The van der Waals surface area contributed by atoms with Crippen molar-refractivity contribution in [1.82, 2.24) is 25.3 Å². The van der Waals surface area contributed by atoms with Crippen molar-refractivity contribution in [3.05, 3.63) is 84.3 Å². The number of aromatic nitrogens is 2. The van der Waals surface area contributed by atoms with Gasteiger partial charge in [0.1, 0.15) is 0 Å². The molecule has 2 fully saturated rings. The SMILES string of the molecule is C=CNNCCCCCCc1cccc(-c2ccc3c(c2)c(CC(C)(C)C)c(-c2cc(N4CCN(C5CC5)CC4)cnc2C(C)N)n3CC)c1. The Hall–Kier alpha value is -3.65. The van der Waals surface area contributed by atoms with Crippen molar-refractivity contribution >= 4 is 16.6 Å². The maximum Gasteiger partial charge on any atom is 0.0663 e. The Kier molecular flexibility index (Phi) is 11.7. The van der Waals surface area contributed by atoms with Crippen LogP contribution in [0.4, 0.5) is 5.69 Å². The van der Waals surface area contributed by atoms with Crippen molar-refractivity contribution < 1.29 is 0 Å². The van der Waals surface area contributed by atoms with Gasteiger partial charge in [-0.1, -0.05) is 70.5 Å². The summed E-state index contributed by atoms with van der Waals surface area (Å²) in [7, 11) is 0. The van der Waals surface area contributed by atoms with Gasteiger partial charge in [0.15, 0.2) is 0 Å². The van der Waals surface area contributed by atoms with Crippen LogP contribution in [0.5, 0.6) is 0 Å². The van der Waals surface area contributed by atoms with E-state index in [1.54, 1.807) is 6.20 Å². The molecule has 2 aliphatic rings. The van der Waals surface area contributed by atoms with Gasteiger partial charge in [-0.25, -0.2) is 5.43 Å². The summed E-state index contributed by atoms with van der Waals surface area (Å²) in [6.07, 6.45) is 13.4. The number of nitrogens with one attached hydrogen (secondary N) is 2. The van der Waals surface area contributed by atoms with Crippen molar-refractivity contribution in [2.45, 2.75) is 105 Å². The highest BCUT2D eigenvalue weighted by molar-refractivity contribution is 5.95. The molecule has 2 aromatic carbocycles. The number of rotatable bonds is 16. The van der Waals surface area contributed by atoms with Crippen molar-refractivity contribution in [3.8, 4) is 22.4 Å². The fourth-order valence-electron chi connectivity index (χ4n) is 7.87. The first kappa shape index (κ1) is 36.2. The first-order chi connectivity index (χ1) is 24.2. The maximum absolute atomic E-state index is 6.69. The molecule has 1 aliphatic heterocycles. The van der Waals surface area contributed by atoms with E-state index in [9.17, 15) is 0 Å². The van der Waals surface area contributed by atoms with Crippen LogP contribution in [0.15, 0.2) is 67.5 Å². The third kappa shape index (κ3) is 8.62. The average Bonchev–Trinajstić information content (AvgIpc) is 3.92. The summed E-state index contributed by atoms with van der Waals surface area (Å²) in [5.74, 6) is 0. The second kappa shape index (κ2) is 16.1. The lowest BCUT2D eigenvalue weighted by Crippen LogP contribution is -2.47. The topological polar surface area (TPSA) is 74.4 Å². The van der Waals surface area contributed by atoms with Gasteiger partial charge in [-0.3, -0.25) is 9.88 Å². The van der Waals surface area contributed by atoms with E-state index in [0.717, 1.165) is 63.8 Å².